The third-order valence-corrected chi connectivity index (χ3v) is 4.41. The van der Waals surface area contributed by atoms with Crippen LogP contribution in [-0.4, -0.2) is 6.54 Å². The van der Waals surface area contributed by atoms with E-state index in [1.54, 1.807) is 0 Å². The van der Waals surface area contributed by atoms with Gasteiger partial charge in [-0.1, -0.05) is 48.4 Å². The molecule has 21 heavy (non-hydrogen) atoms. The van der Waals surface area contributed by atoms with Gasteiger partial charge in [0.2, 0.25) is 0 Å². The van der Waals surface area contributed by atoms with Crippen LogP contribution in [0.5, 0.6) is 0 Å². The van der Waals surface area contributed by atoms with E-state index in [1.165, 1.54) is 27.8 Å². The van der Waals surface area contributed by atoms with Crippen LogP contribution < -0.4 is 5.32 Å². The summed E-state index contributed by atoms with van der Waals surface area (Å²) in [6, 6.07) is 11.0. The largest absolute Gasteiger partial charge is 0.306 e. The summed E-state index contributed by atoms with van der Waals surface area (Å²) in [4.78, 5) is 0. The number of halogens is 1. The van der Waals surface area contributed by atoms with Crippen LogP contribution in [0.3, 0.4) is 0 Å². The van der Waals surface area contributed by atoms with Gasteiger partial charge >= 0.3 is 0 Å². The second kappa shape index (κ2) is 6.64. The van der Waals surface area contributed by atoms with E-state index in [2.05, 4.69) is 70.3 Å². The van der Waals surface area contributed by atoms with Crippen molar-refractivity contribution in [3.63, 3.8) is 0 Å². The summed E-state index contributed by atoms with van der Waals surface area (Å²) in [7, 11) is 0. The monoisotopic (exact) mass is 301 g/mol. The van der Waals surface area contributed by atoms with E-state index in [4.69, 9.17) is 11.6 Å². The molecule has 0 radical (unpaired) electrons. The lowest BCUT2D eigenvalue weighted by Gasteiger charge is -2.23. The lowest BCUT2D eigenvalue weighted by Crippen LogP contribution is -2.23. The van der Waals surface area contributed by atoms with Crippen molar-refractivity contribution in [1.82, 2.24) is 5.32 Å². The van der Waals surface area contributed by atoms with Crippen LogP contribution in [-0.2, 0) is 0 Å². The van der Waals surface area contributed by atoms with E-state index < -0.39 is 0 Å². The van der Waals surface area contributed by atoms with E-state index in [0.29, 0.717) is 0 Å². The first kappa shape index (κ1) is 16.1. The van der Waals surface area contributed by atoms with Gasteiger partial charge in [0.1, 0.15) is 0 Å². The van der Waals surface area contributed by atoms with Crippen molar-refractivity contribution in [2.45, 2.75) is 40.7 Å². The number of hydrogen-bond acceptors (Lipinski definition) is 1. The molecule has 1 N–H and O–H groups in total. The first-order valence-electron chi connectivity index (χ1n) is 7.51. The minimum Gasteiger partial charge on any atom is -0.306 e. The van der Waals surface area contributed by atoms with Crippen LogP contribution in [0.1, 0.15) is 46.3 Å². The Morgan fingerprint density at radius 1 is 0.905 bits per heavy atom. The minimum absolute atomic E-state index is 0.140. The molecule has 112 valence electrons. The normalized spacial score (nSPS) is 12.5. The fourth-order valence-corrected chi connectivity index (χ4v) is 3.01. The zero-order valence-electron chi connectivity index (χ0n) is 13.5. The summed E-state index contributed by atoms with van der Waals surface area (Å²) in [6.07, 6.45) is 0. The predicted octanol–water partition coefficient (Wildman–Crippen LogP) is 5.27. The molecule has 0 saturated carbocycles. The van der Waals surface area contributed by atoms with Crippen molar-refractivity contribution in [2.75, 3.05) is 6.54 Å². The smallest absolute Gasteiger partial charge is 0.0594 e. The van der Waals surface area contributed by atoms with Gasteiger partial charge in [-0.15, -0.1) is 0 Å². The quantitative estimate of drug-likeness (QED) is 0.811. The first-order valence-corrected chi connectivity index (χ1v) is 7.89. The highest BCUT2D eigenvalue weighted by Gasteiger charge is 2.19. The van der Waals surface area contributed by atoms with Crippen LogP contribution in [0.15, 0.2) is 30.3 Å². The Morgan fingerprint density at radius 2 is 1.57 bits per heavy atom. The fourth-order valence-electron chi connectivity index (χ4n) is 2.69. The van der Waals surface area contributed by atoms with Gasteiger partial charge < -0.3 is 5.32 Å². The van der Waals surface area contributed by atoms with Crippen LogP contribution in [0.2, 0.25) is 5.02 Å². The Hall–Kier alpha value is -1.31. The highest BCUT2D eigenvalue weighted by atomic mass is 35.5. The summed E-state index contributed by atoms with van der Waals surface area (Å²) in [6.45, 7) is 11.6. The molecule has 0 saturated heterocycles. The van der Waals surface area contributed by atoms with Gasteiger partial charge in [0, 0.05) is 5.02 Å². The fraction of sp³-hybridized carbons (Fsp3) is 0.368. The average molecular weight is 302 g/mol. The number of benzene rings is 2. The molecular formula is C19H24ClN. The maximum absolute atomic E-state index is 6.53. The molecule has 0 aliphatic rings. The molecule has 2 aromatic rings. The van der Waals surface area contributed by atoms with Crippen molar-refractivity contribution in [3.8, 4) is 0 Å². The average Bonchev–Trinajstić information content (AvgIpc) is 2.43. The lowest BCUT2D eigenvalue weighted by atomic mass is 9.91. The third-order valence-electron chi connectivity index (χ3n) is 4.08. The third kappa shape index (κ3) is 3.48. The molecule has 0 amide bonds. The minimum atomic E-state index is 0.140. The molecule has 0 aliphatic carbocycles. The Morgan fingerprint density at radius 3 is 2.24 bits per heavy atom. The molecule has 0 aliphatic heterocycles. The Bertz CT molecular complexity index is 646. The standard InChI is InChI=1S/C19H24ClN/c1-6-21-19(16-9-12(2)7-8-13(16)3)17-10-14(4)15(5)11-18(17)20/h7-11,19,21H,6H2,1-5H3. The predicted molar refractivity (Wildman–Crippen MR) is 92.4 cm³/mol. The maximum Gasteiger partial charge on any atom is 0.0594 e. The Balaban J connectivity index is 2.58. The highest BCUT2D eigenvalue weighted by Crippen LogP contribution is 2.32. The highest BCUT2D eigenvalue weighted by molar-refractivity contribution is 6.31. The summed E-state index contributed by atoms with van der Waals surface area (Å²) >= 11 is 6.53. The van der Waals surface area contributed by atoms with Crippen molar-refractivity contribution < 1.29 is 0 Å². The van der Waals surface area contributed by atoms with Gasteiger partial charge in [-0.3, -0.25) is 0 Å². The summed E-state index contributed by atoms with van der Waals surface area (Å²) in [5.41, 5.74) is 7.55. The van der Waals surface area contributed by atoms with Gasteiger partial charge in [-0.25, -0.2) is 0 Å². The van der Waals surface area contributed by atoms with Crippen molar-refractivity contribution in [2.24, 2.45) is 0 Å². The van der Waals surface area contributed by atoms with Crippen LogP contribution >= 0.6 is 11.6 Å². The topological polar surface area (TPSA) is 12.0 Å². The molecular weight excluding hydrogens is 278 g/mol. The molecule has 1 nitrogen and oxygen atoms in total. The van der Waals surface area contributed by atoms with Crippen molar-refractivity contribution >= 4 is 11.6 Å². The van der Waals surface area contributed by atoms with Gasteiger partial charge in [0.15, 0.2) is 0 Å². The maximum atomic E-state index is 6.53. The second-order valence-corrected chi connectivity index (χ2v) is 6.22. The molecule has 2 aromatic carbocycles. The summed E-state index contributed by atoms with van der Waals surface area (Å²) in [5.74, 6) is 0. The van der Waals surface area contributed by atoms with Gasteiger partial charge in [-0.05, 0) is 68.1 Å². The second-order valence-electron chi connectivity index (χ2n) is 5.81. The van der Waals surface area contributed by atoms with E-state index in [1.807, 2.05) is 0 Å². The summed E-state index contributed by atoms with van der Waals surface area (Å²) in [5, 5.41) is 4.42. The summed E-state index contributed by atoms with van der Waals surface area (Å²) < 4.78 is 0. The molecule has 2 rings (SSSR count). The van der Waals surface area contributed by atoms with E-state index in [-0.39, 0.29) is 6.04 Å². The number of rotatable bonds is 4. The van der Waals surface area contributed by atoms with Crippen LogP contribution in [0.25, 0.3) is 0 Å². The Kier molecular flexibility index (Phi) is 5.08. The Labute approximate surface area is 133 Å². The van der Waals surface area contributed by atoms with Gasteiger partial charge in [-0.2, -0.15) is 0 Å². The number of hydrogen-bond donors (Lipinski definition) is 1. The molecule has 0 aromatic heterocycles. The van der Waals surface area contributed by atoms with Crippen molar-refractivity contribution in [1.29, 1.82) is 0 Å². The van der Waals surface area contributed by atoms with E-state index >= 15 is 0 Å². The van der Waals surface area contributed by atoms with E-state index in [9.17, 15) is 0 Å². The van der Waals surface area contributed by atoms with E-state index in [0.717, 1.165) is 17.1 Å². The van der Waals surface area contributed by atoms with Crippen LogP contribution in [0.4, 0.5) is 0 Å². The van der Waals surface area contributed by atoms with Gasteiger partial charge in [0.05, 0.1) is 6.04 Å². The number of nitrogens with one attached hydrogen (secondary N) is 1. The molecule has 1 atom stereocenters. The molecule has 0 fully saturated rings. The molecule has 0 heterocycles. The first-order chi connectivity index (χ1) is 9.93. The molecule has 1 unspecified atom stereocenters. The number of aryl methyl sites for hydroxylation is 4. The SMILES string of the molecule is CCNC(c1cc(C)ccc1C)c1cc(C)c(C)cc1Cl. The van der Waals surface area contributed by atoms with Gasteiger partial charge in [0.25, 0.3) is 0 Å². The zero-order chi connectivity index (χ0) is 15.6. The lowest BCUT2D eigenvalue weighted by molar-refractivity contribution is 0.627. The van der Waals surface area contributed by atoms with Crippen molar-refractivity contribution in [3.05, 3.63) is 68.7 Å². The zero-order valence-corrected chi connectivity index (χ0v) is 14.3. The molecule has 0 bridgehead atoms. The molecule has 0 spiro atoms. The van der Waals surface area contributed by atoms with Crippen LogP contribution in [0, 0.1) is 27.7 Å². The molecule has 2 heteroatoms.